The van der Waals surface area contributed by atoms with E-state index >= 15 is 0 Å². The fourth-order valence-electron chi connectivity index (χ4n) is 3.44. The minimum Gasteiger partial charge on any atom is -0.310 e. The molecule has 0 aliphatic carbocycles. The van der Waals surface area contributed by atoms with E-state index in [2.05, 4.69) is 62.4 Å². The number of rotatable bonds is 12. The molecule has 5 nitrogen and oxygen atoms in total. The van der Waals surface area contributed by atoms with Gasteiger partial charge in [0, 0.05) is 50.8 Å². The van der Waals surface area contributed by atoms with E-state index in [4.69, 9.17) is 0 Å². The Morgan fingerprint density at radius 3 is 1.83 bits per heavy atom. The lowest BCUT2D eigenvalue weighted by Crippen LogP contribution is -2.42. The van der Waals surface area contributed by atoms with Gasteiger partial charge in [-0.15, -0.1) is 0 Å². The Hall–Kier alpha value is -2.63. The molecule has 29 heavy (non-hydrogen) atoms. The maximum atomic E-state index is 4.56. The van der Waals surface area contributed by atoms with Crippen molar-refractivity contribution in [2.75, 3.05) is 6.54 Å². The van der Waals surface area contributed by atoms with Gasteiger partial charge in [-0.05, 0) is 42.8 Å². The summed E-state index contributed by atoms with van der Waals surface area (Å²) in [6.07, 6.45) is 9.13. The topological polar surface area (TPSA) is 53.9 Å². The highest BCUT2D eigenvalue weighted by atomic mass is 15.2. The van der Waals surface area contributed by atoms with Crippen LogP contribution in [-0.4, -0.2) is 32.4 Å². The Morgan fingerprint density at radius 1 is 0.793 bits per heavy atom. The van der Waals surface area contributed by atoms with Crippen LogP contribution < -0.4 is 5.32 Å². The molecule has 0 saturated heterocycles. The minimum absolute atomic E-state index is 0.405. The summed E-state index contributed by atoms with van der Waals surface area (Å²) in [7, 11) is 0. The molecule has 0 aliphatic rings. The van der Waals surface area contributed by atoms with E-state index in [0.717, 1.165) is 49.7 Å². The summed E-state index contributed by atoms with van der Waals surface area (Å²) >= 11 is 0. The number of hydrogen-bond donors (Lipinski definition) is 1. The van der Waals surface area contributed by atoms with E-state index in [1.165, 1.54) is 12.8 Å². The Morgan fingerprint density at radius 2 is 1.34 bits per heavy atom. The van der Waals surface area contributed by atoms with E-state index in [1.54, 1.807) is 0 Å². The predicted molar refractivity (Wildman–Crippen MR) is 117 cm³/mol. The minimum atomic E-state index is 0.405. The zero-order valence-electron chi connectivity index (χ0n) is 17.2. The number of nitrogens with one attached hydrogen (secondary N) is 1. The quantitative estimate of drug-likeness (QED) is 0.503. The molecule has 0 aliphatic heterocycles. The van der Waals surface area contributed by atoms with E-state index in [-0.39, 0.29) is 0 Å². The normalized spacial score (nSPS) is 12.2. The van der Waals surface area contributed by atoms with Gasteiger partial charge in [0.05, 0.1) is 17.1 Å². The molecule has 0 bridgehead atoms. The zero-order valence-corrected chi connectivity index (χ0v) is 17.2. The smallest absolute Gasteiger partial charge is 0.0544 e. The number of hydrogen-bond acceptors (Lipinski definition) is 5. The molecule has 1 unspecified atom stereocenters. The molecule has 152 valence electrons. The van der Waals surface area contributed by atoms with Crippen LogP contribution in [0.25, 0.3) is 0 Å². The van der Waals surface area contributed by atoms with Gasteiger partial charge in [0.2, 0.25) is 0 Å². The number of nitrogens with zero attached hydrogens (tertiary/aromatic N) is 4. The Labute approximate surface area is 174 Å². The highest BCUT2D eigenvalue weighted by Gasteiger charge is 2.19. The van der Waals surface area contributed by atoms with Crippen molar-refractivity contribution in [3.05, 3.63) is 90.3 Å². The summed E-state index contributed by atoms with van der Waals surface area (Å²) in [6.45, 7) is 5.58. The lowest BCUT2D eigenvalue weighted by atomic mass is 10.1. The van der Waals surface area contributed by atoms with Gasteiger partial charge in [-0.25, -0.2) is 0 Å². The summed E-state index contributed by atoms with van der Waals surface area (Å²) < 4.78 is 0. The van der Waals surface area contributed by atoms with Gasteiger partial charge in [-0.2, -0.15) is 0 Å². The molecule has 0 saturated carbocycles. The van der Waals surface area contributed by atoms with Crippen molar-refractivity contribution in [1.82, 2.24) is 25.2 Å². The fraction of sp³-hybridized carbons (Fsp3) is 0.375. The SMILES string of the molecule is CCCCC(CNCc1ccccn1)N(Cc1ccccn1)Cc1ccccn1. The van der Waals surface area contributed by atoms with Gasteiger partial charge in [0.25, 0.3) is 0 Å². The standard InChI is InChI=1S/C24H31N5/c1-2-3-13-24(18-25-17-21-10-4-7-14-26-21)29(19-22-11-5-8-15-27-22)20-23-12-6-9-16-28-23/h4-12,14-16,24-25H,2-3,13,17-20H2,1H3. The molecule has 0 fully saturated rings. The van der Waals surface area contributed by atoms with Crippen molar-refractivity contribution in [2.24, 2.45) is 0 Å². The molecule has 3 aromatic rings. The van der Waals surface area contributed by atoms with E-state index < -0.39 is 0 Å². The second kappa shape index (κ2) is 12.0. The average molecular weight is 390 g/mol. The van der Waals surface area contributed by atoms with Gasteiger partial charge in [-0.1, -0.05) is 38.0 Å². The molecule has 3 heterocycles. The lowest BCUT2D eigenvalue weighted by molar-refractivity contribution is 0.158. The van der Waals surface area contributed by atoms with Crippen LogP contribution in [0.3, 0.4) is 0 Å². The van der Waals surface area contributed by atoms with Gasteiger partial charge < -0.3 is 5.32 Å². The Bertz CT molecular complexity index is 754. The van der Waals surface area contributed by atoms with Crippen LogP contribution in [0.5, 0.6) is 0 Å². The second-order valence-electron chi connectivity index (χ2n) is 7.30. The van der Waals surface area contributed by atoms with Crippen LogP contribution in [0.4, 0.5) is 0 Å². The molecular formula is C24H31N5. The molecule has 0 aromatic carbocycles. The van der Waals surface area contributed by atoms with Crippen LogP contribution in [-0.2, 0) is 19.6 Å². The first-order chi connectivity index (χ1) is 14.3. The molecule has 5 heteroatoms. The van der Waals surface area contributed by atoms with Gasteiger partial charge in [0.15, 0.2) is 0 Å². The van der Waals surface area contributed by atoms with Crippen molar-refractivity contribution >= 4 is 0 Å². The zero-order chi connectivity index (χ0) is 20.2. The number of pyridine rings is 3. The monoisotopic (exact) mass is 389 g/mol. The largest absolute Gasteiger partial charge is 0.310 e. The van der Waals surface area contributed by atoms with Crippen LogP contribution in [0, 0.1) is 0 Å². The first kappa shape index (κ1) is 21.1. The lowest BCUT2D eigenvalue weighted by Gasteiger charge is -2.32. The fourth-order valence-corrected chi connectivity index (χ4v) is 3.44. The third kappa shape index (κ3) is 7.37. The maximum Gasteiger partial charge on any atom is 0.0544 e. The Kier molecular flexibility index (Phi) is 8.76. The Balaban J connectivity index is 1.71. The van der Waals surface area contributed by atoms with Gasteiger partial charge in [0.1, 0.15) is 0 Å². The van der Waals surface area contributed by atoms with Crippen molar-refractivity contribution < 1.29 is 0 Å². The number of unbranched alkanes of at least 4 members (excludes halogenated alkanes) is 1. The average Bonchev–Trinajstić information content (AvgIpc) is 2.78. The maximum absolute atomic E-state index is 4.56. The van der Waals surface area contributed by atoms with Crippen LogP contribution >= 0.6 is 0 Å². The van der Waals surface area contributed by atoms with E-state index in [1.807, 2.05) is 42.9 Å². The second-order valence-corrected chi connectivity index (χ2v) is 7.30. The molecule has 3 aromatic heterocycles. The first-order valence-corrected chi connectivity index (χ1v) is 10.5. The van der Waals surface area contributed by atoms with Crippen LogP contribution in [0.1, 0.15) is 43.3 Å². The molecule has 1 atom stereocenters. The third-order valence-electron chi connectivity index (χ3n) is 5.00. The summed E-state index contributed by atoms with van der Waals surface area (Å²) in [5, 5.41) is 3.62. The van der Waals surface area contributed by atoms with Crippen LogP contribution in [0.15, 0.2) is 73.2 Å². The molecule has 0 radical (unpaired) electrons. The van der Waals surface area contributed by atoms with Gasteiger partial charge >= 0.3 is 0 Å². The van der Waals surface area contributed by atoms with E-state index in [0.29, 0.717) is 6.04 Å². The summed E-state index contributed by atoms with van der Waals surface area (Å²) in [5.74, 6) is 0. The highest BCUT2D eigenvalue weighted by molar-refractivity contribution is 5.07. The molecule has 0 spiro atoms. The molecule has 3 rings (SSSR count). The van der Waals surface area contributed by atoms with Crippen molar-refractivity contribution in [1.29, 1.82) is 0 Å². The van der Waals surface area contributed by atoms with Crippen molar-refractivity contribution in [2.45, 2.75) is 51.9 Å². The summed E-state index contributed by atoms with van der Waals surface area (Å²) in [6, 6.07) is 18.7. The van der Waals surface area contributed by atoms with E-state index in [9.17, 15) is 0 Å². The highest BCUT2D eigenvalue weighted by Crippen LogP contribution is 2.15. The third-order valence-corrected chi connectivity index (χ3v) is 5.00. The van der Waals surface area contributed by atoms with Gasteiger partial charge in [-0.3, -0.25) is 19.9 Å². The summed E-state index contributed by atoms with van der Waals surface area (Å²) in [5.41, 5.74) is 3.26. The van der Waals surface area contributed by atoms with Crippen molar-refractivity contribution in [3.8, 4) is 0 Å². The number of aromatic nitrogens is 3. The molecular weight excluding hydrogens is 358 g/mol. The van der Waals surface area contributed by atoms with Crippen LogP contribution in [0.2, 0.25) is 0 Å². The molecule has 0 amide bonds. The predicted octanol–water partition coefficient (Wildman–Crippen LogP) is 4.22. The molecule has 1 N–H and O–H groups in total. The van der Waals surface area contributed by atoms with Crippen molar-refractivity contribution in [3.63, 3.8) is 0 Å². The summed E-state index contributed by atoms with van der Waals surface area (Å²) in [4.78, 5) is 16.0. The first-order valence-electron chi connectivity index (χ1n) is 10.5.